The third kappa shape index (κ3) is 6.38. The number of hydrogen-bond acceptors (Lipinski definition) is 4. The summed E-state index contributed by atoms with van der Waals surface area (Å²) in [6.07, 6.45) is 2.07. The fraction of sp³-hybridized carbons (Fsp3) is 0.474. The van der Waals surface area contributed by atoms with E-state index >= 15 is 0 Å². The van der Waals surface area contributed by atoms with Crippen molar-refractivity contribution in [3.05, 3.63) is 46.5 Å². The second-order valence-electron chi connectivity index (χ2n) is 6.06. The summed E-state index contributed by atoms with van der Waals surface area (Å²) >= 11 is 1.65. The van der Waals surface area contributed by atoms with Gasteiger partial charge < -0.3 is 15.5 Å². The smallest absolute Gasteiger partial charge is 0.191 e. The van der Waals surface area contributed by atoms with E-state index in [-0.39, 0.29) is 0 Å². The number of guanidine groups is 1. The van der Waals surface area contributed by atoms with Gasteiger partial charge in [-0.1, -0.05) is 31.2 Å². The number of thiazole rings is 1. The molecule has 0 unspecified atom stereocenters. The van der Waals surface area contributed by atoms with Crippen LogP contribution in [-0.2, 0) is 19.4 Å². The molecule has 0 spiro atoms. The Morgan fingerprint density at radius 2 is 1.84 bits per heavy atom. The highest BCUT2D eigenvalue weighted by molar-refractivity contribution is 7.13. The monoisotopic (exact) mass is 359 g/mol. The molecule has 25 heavy (non-hydrogen) atoms. The molecule has 0 fully saturated rings. The first kappa shape index (κ1) is 19.2. The summed E-state index contributed by atoms with van der Waals surface area (Å²) in [7, 11) is 4.01. The molecule has 1 heterocycles. The number of nitrogens with zero attached hydrogens (tertiary/aromatic N) is 3. The molecule has 1 aromatic heterocycles. The van der Waals surface area contributed by atoms with Crippen LogP contribution in [0.5, 0.6) is 0 Å². The minimum atomic E-state index is 0.588. The predicted octanol–water partition coefficient (Wildman–Crippen LogP) is 3.07. The molecule has 0 saturated carbocycles. The molecule has 6 heteroatoms. The number of rotatable bonds is 8. The van der Waals surface area contributed by atoms with Gasteiger partial charge in [0.25, 0.3) is 0 Å². The van der Waals surface area contributed by atoms with Crippen LogP contribution in [0.3, 0.4) is 0 Å². The standard InChI is InChI=1S/C19H29N5S/c1-5-15-7-9-16(10-8-15)11-12-21-18(20-6-2)22-13-17-14-25-19(23-17)24(3)4/h7-10,14H,5-6,11-13H2,1-4H3,(H2,20,21,22). The van der Waals surface area contributed by atoms with Crippen LogP contribution in [0.25, 0.3) is 0 Å². The van der Waals surface area contributed by atoms with E-state index in [2.05, 4.69) is 64.1 Å². The topological polar surface area (TPSA) is 52.6 Å². The molecular weight excluding hydrogens is 330 g/mol. The molecule has 0 aliphatic heterocycles. The number of aryl methyl sites for hydroxylation is 1. The lowest BCUT2D eigenvalue weighted by atomic mass is 10.1. The van der Waals surface area contributed by atoms with Gasteiger partial charge in [-0.3, -0.25) is 0 Å². The Balaban J connectivity index is 1.85. The van der Waals surface area contributed by atoms with Crippen molar-refractivity contribution in [2.45, 2.75) is 33.2 Å². The van der Waals surface area contributed by atoms with E-state index in [1.54, 1.807) is 11.3 Å². The van der Waals surface area contributed by atoms with Gasteiger partial charge in [0.15, 0.2) is 11.1 Å². The van der Waals surface area contributed by atoms with Crippen molar-refractivity contribution >= 4 is 22.4 Å². The molecule has 0 aliphatic rings. The molecule has 0 saturated heterocycles. The van der Waals surface area contributed by atoms with Crippen LogP contribution in [0.1, 0.15) is 30.7 Å². The molecule has 2 N–H and O–H groups in total. The van der Waals surface area contributed by atoms with Crippen molar-refractivity contribution in [3.63, 3.8) is 0 Å². The normalized spacial score (nSPS) is 11.4. The van der Waals surface area contributed by atoms with Crippen LogP contribution in [0.4, 0.5) is 5.13 Å². The van der Waals surface area contributed by atoms with E-state index in [1.165, 1.54) is 11.1 Å². The maximum absolute atomic E-state index is 4.64. The molecule has 1 aromatic carbocycles. The minimum absolute atomic E-state index is 0.588. The zero-order valence-electron chi connectivity index (χ0n) is 15.7. The molecule has 5 nitrogen and oxygen atoms in total. The highest BCUT2D eigenvalue weighted by Gasteiger charge is 2.04. The summed E-state index contributed by atoms with van der Waals surface area (Å²) in [5.74, 6) is 0.840. The summed E-state index contributed by atoms with van der Waals surface area (Å²) in [4.78, 5) is 11.2. The van der Waals surface area contributed by atoms with E-state index in [9.17, 15) is 0 Å². The lowest BCUT2D eigenvalue weighted by molar-refractivity contribution is 0.797. The van der Waals surface area contributed by atoms with Gasteiger partial charge in [0.1, 0.15) is 0 Å². The highest BCUT2D eigenvalue weighted by atomic mass is 32.1. The van der Waals surface area contributed by atoms with Crippen molar-refractivity contribution in [3.8, 4) is 0 Å². The van der Waals surface area contributed by atoms with Gasteiger partial charge in [-0.2, -0.15) is 0 Å². The maximum atomic E-state index is 4.64. The lowest BCUT2D eigenvalue weighted by Crippen LogP contribution is -2.38. The van der Waals surface area contributed by atoms with Crippen LogP contribution in [0.2, 0.25) is 0 Å². The second kappa shape index (κ2) is 10.0. The summed E-state index contributed by atoms with van der Waals surface area (Å²) in [5.41, 5.74) is 3.73. The molecule has 0 radical (unpaired) electrons. The summed E-state index contributed by atoms with van der Waals surface area (Å²) in [5, 5.41) is 9.77. The molecule has 0 amide bonds. The summed E-state index contributed by atoms with van der Waals surface area (Å²) < 4.78 is 0. The zero-order chi connectivity index (χ0) is 18.1. The Morgan fingerprint density at radius 1 is 1.12 bits per heavy atom. The maximum Gasteiger partial charge on any atom is 0.191 e. The Morgan fingerprint density at radius 3 is 2.44 bits per heavy atom. The average molecular weight is 360 g/mol. The second-order valence-corrected chi connectivity index (χ2v) is 6.89. The number of aliphatic imine (C=N–C) groups is 1. The number of benzene rings is 1. The van der Waals surface area contributed by atoms with Crippen LogP contribution in [0, 0.1) is 0 Å². The van der Waals surface area contributed by atoms with E-state index in [4.69, 9.17) is 0 Å². The zero-order valence-corrected chi connectivity index (χ0v) is 16.5. The van der Waals surface area contributed by atoms with Gasteiger partial charge in [-0.05, 0) is 30.9 Å². The van der Waals surface area contributed by atoms with Gasteiger partial charge in [-0.25, -0.2) is 9.98 Å². The molecule has 0 aliphatic carbocycles. The minimum Gasteiger partial charge on any atom is -0.357 e. The molecule has 2 aromatic rings. The summed E-state index contributed by atoms with van der Waals surface area (Å²) in [6, 6.07) is 8.84. The SMILES string of the molecule is CCNC(=NCc1csc(N(C)C)n1)NCCc1ccc(CC)cc1. The number of hydrogen-bond donors (Lipinski definition) is 2. The Labute approximate surface area is 155 Å². The number of nitrogens with one attached hydrogen (secondary N) is 2. The Bertz CT molecular complexity index is 661. The first-order chi connectivity index (χ1) is 12.1. The van der Waals surface area contributed by atoms with E-state index in [1.807, 2.05) is 19.0 Å². The fourth-order valence-corrected chi connectivity index (χ4v) is 3.09. The lowest BCUT2D eigenvalue weighted by Gasteiger charge is -2.11. The van der Waals surface area contributed by atoms with Crippen molar-refractivity contribution in [2.75, 3.05) is 32.1 Å². The van der Waals surface area contributed by atoms with E-state index in [0.29, 0.717) is 6.54 Å². The largest absolute Gasteiger partial charge is 0.357 e. The van der Waals surface area contributed by atoms with Crippen molar-refractivity contribution in [1.82, 2.24) is 15.6 Å². The highest BCUT2D eigenvalue weighted by Crippen LogP contribution is 2.18. The number of aromatic nitrogens is 1. The van der Waals surface area contributed by atoms with Crippen LogP contribution in [-0.4, -0.2) is 38.1 Å². The van der Waals surface area contributed by atoms with Crippen LogP contribution >= 0.6 is 11.3 Å². The molecule has 0 atom stereocenters. The van der Waals surface area contributed by atoms with E-state index < -0.39 is 0 Å². The van der Waals surface area contributed by atoms with Gasteiger partial charge >= 0.3 is 0 Å². The van der Waals surface area contributed by atoms with Gasteiger partial charge in [0.2, 0.25) is 0 Å². The molecule has 0 bridgehead atoms. The Kier molecular flexibility index (Phi) is 7.73. The van der Waals surface area contributed by atoms with Crippen LogP contribution in [0.15, 0.2) is 34.6 Å². The van der Waals surface area contributed by atoms with Gasteiger partial charge in [0, 0.05) is 32.6 Å². The first-order valence-electron chi connectivity index (χ1n) is 8.84. The average Bonchev–Trinajstić information content (AvgIpc) is 3.09. The summed E-state index contributed by atoms with van der Waals surface area (Å²) in [6.45, 7) is 6.55. The predicted molar refractivity (Wildman–Crippen MR) is 109 cm³/mol. The fourth-order valence-electron chi connectivity index (χ4n) is 2.34. The third-order valence-corrected chi connectivity index (χ3v) is 4.86. The van der Waals surface area contributed by atoms with Gasteiger partial charge in [0.05, 0.1) is 12.2 Å². The molecule has 2 rings (SSSR count). The Hall–Kier alpha value is -2.08. The molecule has 136 valence electrons. The van der Waals surface area contributed by atoms with Crippen molar-refractivity contribution in [1.29, 1.82) is 0 Å². The van der Waals surface area contributed by atoms with Gasteiger partial charge in [-0.15, -0.1) is 11.3 Å². The quantitative estimate of drug-likeness (QED) is 0.562. The first-order valence-corrected chi connectivity index (χ1v) is 9.72. The van der Waals surface area contributed by atoms with Crippen molar-refractivity contribution in [2.24, 2.45) is 4.99 Å². The van der Waals surface area contributed by atoms with E-state index in [0.717, 1.165) is 42.7 Å². The third-order valence-electron chi connectivity index (χ3n) is 3.80. The number of anilines is 1. The molecular formula is C19H29N5S. The van der Waals surface area contributed by atoms with Crippen LogP contribution < -0.4 is 15.5 Å². The van der Waals surface area contributed by atoms with Crippen molar-refractivity contribution < 1.29 is 0 Å².